The van der Waals surface area contributed by atoms with Gasteiger partial charge in [0.05, 0.1) is 10.6 Å². The molecule has 7 heteroatoms. The molecule has 0 spiro atoms. The van der Waals surface area contributed by atoms with Gasteiger partial charge in [-0.2, -0.15) is 18.4 Å². The van der Waals surface area contributed by atoms with E-state index in [2.05, 4.69) is 9.93 Å². The summed E-state index contributed by atoms with van der Waals surface area (Å²) in [5, 5.41) is 13.4. The molecule has 0 aliphatic heterocycles. The van der Waals surface area contributed by atoms with Gasteiger partial charge in [-0.1, -0.05) is 17.7 Å². The molecule has 0 fully saturated rings. The smallest absolute Gasteiger partial charge is 0.276 e. The van der Waals surface area contributed by atoms with Crippen LogP contribution in [0.1, 0.15) is 18.1 Å². The molecule has 0 aliphatic carbocycles. The minimum Gasteiger partial charge on any atom is -0.507 e. The normalized spacial score (nSPS) is 12.2. The van der Waals surface area contributed by atoms with Crippen LogP contribution >= 0.6 is 0 Å². The second-order valence-corrected chi connectivity index (χ2v) is 6.43. The molecule has 116 valence electrons. The highest BCUT2D eigenvalue weighted by Gasteiger charge is 2.13. The van der Waals surface area contributed by atoms with Crippen LogP contribution in [0.3, 0.4) is 0 Å². The summed E-state index contributed by atoms with van der Waals surface area (Å²) in [4.78, 5) is 2.13. The van der Waals surface area contributed by atoms with Crippen molar-refractivity contribution in [1.82, 2.24) is 4.83 Å². The molecule has 0 saturated carbocycles. The Morgan fingerprint density at radius 3 is 2.45 bits per heavy atom. The van der Waals surface area contributed by atoms with Crippen LogP contribution in [-0.4, -0.2) is 19.2 Å². The maximum absolute atomic E-state index is 13.2. The van der Waals surface area contributed by atoms with Crippen LogP contribution in [0.5, 0.6) is 5.75 Å². The SMILES string of the molecule is C/C(=N\NS(=O)(=O)c1ccc(C)cc1)c1cc(F)ccc1O. The van der Waals surface area contributed by atoms with Crippen molar-refractivity contribution in [2.24, 2.45) is 5.10 Å². The highest BCUT2D eigenvalue weighted by molar-refractivity contribution is 7.89. The number of nitrogens with one attached hydrogen (secondary N) is 1. The molecular formula is C15H15FN2O3S. The fourth-order valence-electron chi connectivity index (χ4n) is 1.76. The van der Waals surface area contributed by atoms with Crippen molar-refractivity contribution >= 4 is 15.7 Å². The Morgan fingerprint density at radius 1 is 1.18 bits per heavy atom. The number of benzene rings is 2. The average molecular weight is 322 g/mol. The minimum atomic E-state index is -3.82. The van der Waals surface area contributed by atoms with Gasteiger partial charge in [0.15, 0.2) is 0 Å². The zero-order chi connectivity index (χ0) is 16.3. The number of hydrazone groups is 1. The van der Waals surface area contributed by atoms with Crippen LogP contribution in [0.25, 0.3) is 0 Å². The van der Waals surface area contributed by atoms with Crippen molar-refractivity contribution in [3.8, 4) is 5.75 Å². The number of sulfonamides is 1. The fraction of sp³-hybridized carbons (Fsp3) is 0.133. The van der Waals surface area contributed by atoms with Gasteiger partial charge in [0.25, 0.3) is 10.0 Å². The van der Waals surface area contributed by atoms with E-state index in [1.165, 1.54) is 25.1 Å². The van der Waals surface area contributed by atoms with Crippen LogP contribution < -0.4 is 4.83 Å². The van der Waals surface area contributed by atoms with E-state index in [1.54, 1.807) is 12.1 Å². The van der Waals surface area contributed by atoms with Crippen molar-refractivity contribution < 1.29 is 17.9 Å². The first-order chi connectivity index (χ1) is 10.3. The molecule has 0 aromatic heterocycles. The summed E-state index contributed by atoms with van der Waals surface area (Å²) in [5.74, 6) is -0.735. The highest BCUT2D eigenvalue weighted by atomic mass is 32.2. The van der Waals surface area contributed by atoms with Crippen LogP contribution in [0, 0.1) is 12.7 Å². The molecule has 0 bridgehead atoms. The van der Waals surface area contributed by atoms with Crippen LogP contribution in [-0.2, 0) is 10.0 Å². The Kier molecular flexibility index (Phi) is 4.46. The van der Waals surface area contributed by atoms with Gasteiger partial charge in [0.2, 0.25) is 0 Å². The molecule has 0 heterocycles. The Hall–Kier alpha value is -2.41. The molecule has 2 rings (SSSR count). The molecule has 22 heavy (non-hydrogen) atoms. The third kappa shape index (κ3) is 3.62. The number of rotatable bonds is 4. The topological polar surface area (TPSA) is 78.8 Å². The van der Waals surface area contributed by atoms with Gasteiger partial charge in [-0.05, 0) is 44.2 Å². The minimum absolute atomic E-state index is 0.0677. The molecule has 0 amide bonds. The number of halogens is 1. The van der Waals surface area contributed by atoms with Gasteiger partial charge in [0, 0.05) is 5.56 Å². The van der Waals surface area contributed by atoms with E-state index in [0.717, 1.165) is 17.7 Å². The van der Waals surface area contributed by atoms with Gasteiger partial charge in [-0.15, -0.1) is 0 Å². The molecule has 2 aromatic rings. The number of nitrogens with zero attached hydrogens (tertiary/aromatic N) is 1. The van der Waals surface area contributed by atoms with Gasteiger partial charge in [-0.25, -0.2) is 4.39 Å². The van der Waals surface area contributed by atoms with E-state index in [9.17, 15) is 17.9 Å². The Morgan fingerprint density at radius 2 is 1.82 bits per heavy atom. The number of aromatic hydroxyl groups is 1. The summed E-state index contributed by atoms with van der Waals surface area (Å²) in [5.41, 5.74) is 1.20. The third-order valence-corrected chi connectivity index (χ3v) is 4.24. The number of phenols is 1. The van der Waals surface area contributed by atoms with E-state index >= 15 is 0 Å². The first-order valence-corrected chi connectivity index (χ1v) is 7.89. The second kappa shape index (κ2) is 6.15. The zero-order valence-corrected chi connectivity index (χ0v) is 12.9. The Balaban J connectivity index is 2.26. The fourth-order valence-corrected chi connectivity index (χ4v) is 2.61. The molecule has 5 nitrogen and oxygen atoms in total. The van der Waals surface area contributed by atoms with Crippen LogP contribution in [0.2, 0.25) is 0 Å². The second-order valence-electron chi connectivity index (χ2n) is 4.77. The summed E-state index contributed by atoms with van der Waals surface area (Å²) < 4.78 is 37.3. The van der Waals surface area contributed by atoms with Crippen LogP contribution in [0.4, 0.5) is 4.39 Å². The summed E-state index contributed by atoms with van der Waals surface area (Å²) in [7, 11) is -3.82. The van der Waals surface area contributed by atoms with Crippen molar-refractivity contribution in [1.29, 1.82) is 0 Å². The lowest BCUT2D eigenvalue weighted by molar-refractivity contribution is 0.471. The van der Waals surface area contributed by atoms with Crippen molar-refractivity contribution in [3.05, 3.63) is 59.4 Å². The zero-order valence-electron chi connectivity index (χ0n) is 12.0. The maximum Gasteiger partial charge on any atom is 0.276 e. The molecule has 0 saturated heterocycles. The first-order valence-electron chi connectivity index (χ1n) is 6.41. The predicted molar refractivity (Wildman–Crippen MR) is 81.8 cm³/mol. The predicted octanol–water partition coefficient (Wildman–Crippen LogP) is 2.54. The first kappa shape index (κ1) is 16.0. The molecule has 2 N–H and O–H groups in total. The lowest BCUT2D eigenvalue weighted by Gasteiger charge is -2.07. The number of hydrogen-bond donors (Lipinski definition) is 2. The molecule has 0 unspecified atom stereocenters. The van der Waals surface area contributed by atoms with E-state index in [0.29, 0.717) is 0 Å². The molecule has 2 aromatic carbocycles. The van der Waals surface area contributed by atoms with Gasteiger partial charge in [0.1, 0.15) is 11.6 Å². The summed E-state index contributed by atoms with van der Waals surface area (Å²) in [6, 6.07) is 9.62. The van der Waals surface area contributed by atoms with E-state index in [-0.39, 0.29) is 21.9 Å². The number of hydrogen-bond acceptors (Lipinski definition) is 4. The lowest BCUT2D eigenvalue weighted by Crippen LogP contribution is -2.20. The summed E-state index contributed by atoms with van der Waals surface area (Å²) in [6.45, 7) is 3.31. The number of phenolic OH excluding ortho intramolecular Hbond substituents is 1. The van der Waals surface area contributed by atoms with Crippen molar-refractivity contribution in [2.75, 3.05) is 0 Å². The molecular weight excluding hydrogens is 307 g/mol. The van der Waals surface area contributed by atoms with Gasteiger partial charge >= 0.3 is 0 Å². The lowest BCUT2D eigenvalue weighted by atomic mass is 10.1. The summed E-state index contributed by atoms with van der Waals surface area (Å²) >= 11 is 0. The standard InChI is InChI=1S/C15H15FN2O3S/c1-10-3-6-13(7-4-10)22(20,21)18-17-11(2)14-9-12(16)5-8-15(14)19/h3-9,18-19H,1-2H3/b17-11+. The Bertz CT molecular complexity index is 815. The van der Waals surface area contributed by atoms with E-state index in [1.807, 2.05) is 6.92 Å². The Labute approximate surface area is 128 Å². The number of aryl methyl sites for hydroxylation is 1. The molecule has 0 aliphatic rings. The highest BCUT2D eigenvalue weighted by Crippen LogP contribution is 2.19. The van der Waals surface area contributed by atoms with Crippen LogP contribution in [0.15, 0.2) is 52.5 Å². The van der Waals surface area contributed by atoms with Gasteiger partial charge < -0.3 is 5.11 Å². The van der Waals surface area contributed by atoms with E-state index < -0.39 is 15.8 Å². The average Bonchev–Trinajstić information content (AvgIpc) is 2.48. The monoisotopic (exact) mass is 322 g/mol. The molecule has 0 radical (unpaired) electrons. The summed E-state index contributed by atoms with van der Waals surface area (Å²) in [6.07, 6.45) is 0. The maximum atomic E-state index is 13.2. The van der Waals surface area contributed by atoms with Crippen molar-refractivity contribution in [2.45, 2.75) is 18.7 Å². The third-order valence-electron chi connectivity index (χ3n) is 3.01. The molecule has 0 atom stereocenters. The largest absolute Gasteiger partial charge is 0.507 e. The quantitative estimate of drug-likeness (QED) is 0.670. The van der Waals surface area contributed by atoms with E-state index in [4.69, 9.17) is 0 Å². The van der Waals surface area contributed by atoms with Gasteiger partial charge in [-0.3, -0.25) is 0 Å². The van der Waals surface area contributed by atoms with Crippen molar-refractivity contribution in [3.63, 3.8) is 0 Å².